The van der Waals surface area contributed by atoms with Crippen molar-refractivity contribution >= 4 is 5.91 Å². The van der Waals surface area contributed by atoms with Gasteiger partial charge in [0.25, 0.3) is 0 Å². The van der Waals surface area contributed by atoms with Crippen LogP contribution in [0.5, 0.6) is 0 Å². The molecule has 0 fully saturated rings. The largest absolute Gasteiger partial charge is 0.394 e. The Labute approximate surface area is 494 Å². The van der Waals surface area contributed by atoms with Crippen molar-refractivity contribution < 1.29 is 15.0 Å². The number of unbranched alkanes of at least 4 members (excludes halogenated alkanes) is 44. The Balaban J connectivity index is 3.43. The van der Waals surface area contributed by atoms with E-state index in [1.54, 1.807) is 0 Å². The van der Waals surface area contributed by atoms with Crippen molar-refractivity contribution in [3.63, 3.8) is 0 Å². The fraction of sp³-hybridized carbons (Fsp3) is 0.800. The van der Waals surface area contributed by atoms with Gasteiger partial charge in [-0.25, -0.2) is 0 Å². The zero-order chi connectivity index (χ0) is 56.9. The van der Waals surface area contributed by atoms with Gasteiger partial charge < -0.3 is 15.5 Å². The second-order valence-electron chi connectivity index (χ2n) is 23.9. The lowest BCUT2D eigenvalue weighted by molar-refractivity contribution is -0.123. The molecule has 3 N–H and O–H groups in total. The molecule has 460 valence electrons. The molecule has 1 amide bonds. The highest BCUT2D eigenvalue weighted by atomic mass is 16.3. The lowest BCUT2D eigenvalue weighted by atomic mass is 10.0. The van der Waals surface area contributed by atoms with Crippen LogP contribution in [-0.2, 0) is 4.79 Å². The Morgan fingerprint density at radius 3 is 0.835 bits per heavy atom. The van der Waals surface area contributed by atoms with Crippen LogP contribution in [0.3, 0.4) is 0 Å². The molecule has 4 heteroatoms. The fourth-order valence-corrected chi connectivity index (χ4v) is 10.9. The third-order valence-electron chi connectivity index (χ3n) is 16.2. The number of rotatable bonds is 65. The Hall–Kier alpha value is -2.43. The van der Waals surface area contributed by atoms with E-state index in [4.69, 9.17) is 0 Å². The summed E-state index contributed by atoms with van der Waals surface area (Å²) >= 11 is 0. The van der Waals surface area contributed by atoms with Crippen LogP contribution >= 0.6 is 0 Å². The average Bonchev–Trinajstić information content (AvgIpc) is 3.45. The van der Waals surface area contributed by atoms with Crippen LogP contribution < -0.4 is 5.32 Å². The Morgan fingerprint density at radius 2 is 0.557 bits per heavy atom. The number of allylic oxidation sites excluding steroid dienone is 14. The maximum atomic E-state index is 12.6. The highest BCUT2D eigenvalue weighted by molar-refractivity contribution is 5.76. The third-order valence-corrected chi connectivity index (χ3v) is 16.2. The van der Waals surface area contributed by atoms with E-state index in [0.29, 0.717) is 12.8 Å². The summed E-state index contributed by atoms with van der Waals surface area (Å²) in [5, 5.41) is 23.5. The number of amides is 1. The smallest absolute Gasteiger partial charge is 0.220 e. The van der Waals surface area contributed by atoms with Crippen molar-refractivity contribution in [1.82, 2.24) is 5.32 Å². The number of carbonyl (C=O) groups is 1. The van der Waals surface area contributed by atoms with Crippen LogP contribution in [0, 0.1) is 0 Å². The van der Waals surface area contributed by atoms with Crippen molar-refractivity contribution in [3.05, 3.63) is 85.1 Å². The van der Waals surface area contributed by atoms with Gasteiger partial charge in [0, 0.05) is 6.42 Å². The van der Waals surface area contributed by atoms with Gasteiger partial charge in [-0.15, -0.1) is 0 Å². The standard InChI is InChI=1S/C75H137NO3/c1-3-5-7-9-11-13-15-17-19-21-23-25-27-29-31-32-33-34-35-36-37-38-39-40-41-42-43-44-45-47-49-51-53-55-57-59-61-63-65-67-69-71-75(79)76-73(72-77)74(78)70-68-66-64-62-60-58-56-54-52-50-48-46-30-28-26-24-22-20-18-16-14-12-10-8-6-4-2/h5,7,11,13,17,19,23,25,29,31,33-34,36-37,73-74,77-78H,3-4,6,8-10,12,14-16,18,20-22,24,26-28,30,32,35,38-72H2,1-2H3,(H,76,79)/b7-5-,13-11-,19-17-,25-23-,31-29-,34-33-,37-36-. The molecule has 0 saturated carbocycles. The third kappa shape index (κ3) is 66.3. The predicted octanol–water partition coefficient (Wildman–Crippen LogP) is 24.2. The summed E-state index contributed by atoms with van der Waals surface area (Å²) in [6.07, 6.45) is 102. The fourth-order valence-electron chi connectivity index (χ4n) is 10.9. The van der Waals surface area contributed by atoms with Gasteiger partial charge in [0.15, 0.2) is 0 Å². The molecule has 0 aliphatic rings. The van der Waals surface area contributed by atoms with Crippen molar-refractivity contribution in [2.45, 2.75) is 379 Å². The van der Waals surface area contributed by atoms with Gasteiger partial charge in [0.1, 0.15) is 0 Å². The first-order valence-corrected chi connectivity index (χ1v) is 35.3. The number of hydrogen-bond donors (Lipinski definition) is 3. The van der Waals surface area contributed by atoms with E-state index in [-0.39, 0.29) is 12.5 Å². The number of aliphatic hydroxyl groups is 2. The molecule has 0 aromatic carbocycles. The van der Waals surface area contributed by atoms with E-state index in [1.165, 1.54) is 270 Å². The molecule has 0 rings (SSSR count). The summed E-state index contributed by atoms with van der Waals surface area (Å²) in [4.78, 5) is 12.6. The monoisotopic (exact) mass is 1100 g/mol. The first-order valence-electron chi connectivity index (χ1n) is 35.3. The molecule has 0 aliphatic heterocycles. The first-order chi connectivity index (χ1) is 39.2. The van der Waals surface area contributed by atoms with E-state index in [1.807, 2.05) is 0 Å². The first kappa shape index (κ1) is 76.6. The van der Waals surface area contributed by atoms with Crippen LogP contribution in [0.25, 0.3) is 0 Å². The van der Waals surface area contributed by atoms with Crippen LogP contribution in [0.2, 0.25) is 0 Å². The van der Waals surface area contributed by atoms with Crippen molar-refractivity contribution in [3.8, 4) is 0 Å². The maximum Gasteiger partial charge on any atom is 0.220 e. The molecule has 79 heavy (non-hydrogen) atoms. The molecule has 4 nitrogen and oxygen atoms in total. The lowest BCUT2D eigenvalue weighted by Crippen LogP contribution is -2.45. The zero-order valence-electron chi connectivity index (χ0n) is 53.1. The van der Waals surface area contributed by atoms with Gasteiger partial charge in [-0.2, -0.15) is 0 Å². The second kappa shape index (κ2) is 69.8. The quantitative estimate of drug-likeness (QED) is 0.0420. The molecule has 0 aromatic rings. The Morgan fingerprint density at radius 1 is 0.316 bits per heavy atom. The molecule has 0 aliphatic carbocycles. The molecule has 0 bridgehead atoms. The molecule has 0 heterocycles. The summed E-state index contributed by atoms with van der Waals surface area (Å²) in [6.45, 7) is 4.28. The van der Waals surface area contributed by atoms with Crippen LogP contribution in [0.4, 0.5) is 0 Å². The Bertz CT molecular complexity index is 1390. The number of nitrogens with one attached hydrogen (secondary N) is 1. The molecule has 2 atom stereocenters. The normalized spacial score (nSPS) is 13.2. The molecule has 2 unspecified atom stereocenters. The second-order valence-corrected chi connectivity index (χ2v) is 23.9. The topological polar surface area (TPSA) is 69.6 Å². The van der Waals surface area contributed by atoms with Gasteiger partial charge in [-0.1, -0.05) is 375 Å². The van der Waals surface area contributed by atoms with Crippen LogP contribution in [0.1, 0.15) is 367 Å². The number of aliphatic hydroxyl groups excluding tert-OH is 2. The molecular weight excluding hydrogens is 963 g/mol. The van der Waals surface area contributed by atoms with Crippen molar-refractivity contribution in [2.75, 3.05) is 6.61 Å². The van der Waals surface area contributed by atoms with E-state index >= 15 is 0 Å². The van der Waals surface area contributed by atoms with Crippen molar-refractivity contribution in [2.24, 2.45) is 0 Å². The molecule has 0 radical (unpaired) electrons. The minimum atomic E-state index is -0.663. The summed E-state index contributed by atoms with van der Waals surface area (Å²) in [7, 11) is 0. The summed E-state index contributed by atoms with van der Waals surface area (Å²) in [5.74, 6) is -0.0260. The predicted molar refractivity (Wildman–Crippen MR) is 354 cm³/mol. The minimum absolute atomic E-state index is 0.0260. The highest BCUT2D eigenvalue weighted by Crippen LogP contribution is 2.19. The van der Waals surface area contributed by atoms with Gasteiger partial charge >= 0.3 is 0 Å². The van der Waals surface area contributed by atoms with Crippen molar-refractivity contribution in [1.29, 1.82) is 0 Å². The van der Waals surface area contributed by atoms with E-state index < -0.39 is 12.1 Å². The lowest BCUT2D eigenvalue weighted by Gasteiger charge is -2.22. The molecule has 0 aromatic heterocycles. The summed E-state index contributed by atoms with van der Waals surface area (Å²) in [6, 6.07) is -0.540. The van der Waals surface area contributed by atoms with Gasteiger partial charge in [0.05, 0.1) is 18.8 Å². The number of hydrogen-bond acceptors (Lipinski definition) is 3. The number of carbonyl (C=O) groups excluding carboxylic acids is 1. The van der Waals surface area contributed by atoms with E-state index in [0.717, 1.165) is 70.6 Å². The highest BCUT2D eigenvalue weighted by Gasteiger charge is 2.20. The van der Waals surface area contributed by atoms with E-state index in [2.05, 4.69) is 104 Å². The minimum Gasteiger partial charge on any atom is -0.394 e. The SMILES string of the molecule is CC/C=C\C/C=C\C/C=C\C/C=C\C/C=C\C/C=C\C/C=C\CCCCCCCCCCCCCCCCCCCCCC(=O)NC(CO)C(O)CCCCCCCCCCCCCCCCCCCCCCCCCCCC. The molecule has 0 spiro atoms. The van der Waals surface area contributed by atoms with E-state index in [9.17, 15) is 15.0 Å². The molecule has 0 saturated heterocycles. The molecular formula is C75H137NO3. The van der Waals surface area contributed by atoms with Gasteiger partial charge in [0.2, 0.25) is 5.91 Å². The average molecular weight is 1100 g/mol. The zero-order valence-corrected chi connectivity index (χ0v) is 53.1. The summed E-state index contributed by atoms with van der Waals surface area (Å²) < 4.78 is 0. The van der Waals surface area contributed by atoms with Crippen LogP contribution in [-0.4, -0.2) is 34.9 Å². The summed E-state index contributed by atoms with van der Waals surface area (Å²) in [5.41, 5.74) is 0. The van der Waals surface area contributed by atoms with Gasteiger partial charge in [-0.3, -0.25) is 4.79 Å². The Kier molecular flexibility index (Phi) is 67.7. The van der Waals surface area contributed by atoms with Crippen LogP contribution in [0.15, 0.2) is 85.1 Å². The maximum absolute atomic E-state index is 12.6. The van der Waals surface area contributed by atoms with Gasteiger partial charge in [-0.05, 0) is 70.6 Å².